The van der Waals surface area contributed by atoms with Gasteiger partial charge in [0.2, 0.25) is 0 Å². The molecule has 27 heavy (non-hydrogen) atoms. The van der Waals surface area contributed by atoms with E-state index in [2.05, 4.69) is 40.3 Å². The molecule has 1 aromatic heterocycles. The van der Waals surface area contributed by atoms with Crippen LogP contribution in [0, 0.1) is 5.82 Å². The summed E-state index contributed by atoms with van der Waals surface area (Å²) in [4.78, 5) is 19.0. The zero-order valence-corrected chi connectivity index (χ0v) is 15.0. The van der Waals surface area contributed by atoms with Crippen LogP contribution in [0.15, 0.2) is 66.9 Å². The van der Waals surface area contributed by atoms with Crippen molar-refractivity contribution in [2.75, 3.05) is 4.90 Å². The summed E-state index contributed by atoms with van der Waals surface area (Å²) in [6.45, 7) is 2.50. The maximum atomic E-state index is 13.0. The van der Waals surface area contributed by atoms with Crippen molar-refractivity contribution in [1.29, 1.82) is 0 Å². The monoisotopic (exact) mass is 361 g/mol. The van der Waals surface area contributed by atoms with Gasteiger partial charge in [0.05, 0.1) is 0 Å². The van der Waals surface area contributed by atoms with Crippen LogP contribution in [0.25, 0.3) is 0 Å². The van der Waals surface area contributed by atoms with Gasteiger partial charge >= 0.3 is 0 Å². The smallest absolute Gasteiger partial charge is 0.270 e. The van der Waals surface area contributed by atoms with E-state index in [1.54, 1.807) is 18.3 Å². The Bertz CT molecular complexity index is 971. The SMILES string of the molecule is CC1Cc2ccccc2N1c1ccnc(C(=O)NCc2ccc(F)cc2)c1. The summed E-state index contributed by atoms with van der Waals surface area (Å²) < 4.78 is 13.0. The molecule has 0 aliphatic carbocycles. The standard InChI is InChI=1S/C22H20FN3O/c1-15-12-17-4-2-3-5-21(17)26(15)19-10-11-24-20(13-19)22(27)25-14-16-6-8-18(23)9-7-16/h2-11,13,15H,12,14H2,1H3,(H,25,27). The van der Waals surface area contributed by atoms with E-state index in [-0.39, 0.29) is 11.7 Å². The second-order valence-corrected chi connectivity index (χ2v) is 6.76. The molecule has 4 nitrogen and oxygen atoms in total. The minimum Gasteiger partial charge on any atom is -0.347 e. The van der Waals surface area contributed by atoms with Crippen LogP contribution < -0.4 is 10.2 Å². The van der Waals surface area contributed by atoms with E-state index in [0.29, 0.717) is 18.3 Å². The summed E-state index contributed by atoms with van der Waals surface area (Å²) in [7, 11) is 0. The van der Waals surface area contributed by atoms with Crippen LogP contribution in [0.2, 0.25) is 0 Å². The van der Waals surface area contributed by atoms with Crippen molar-refractivity contribution >= 4 is 17.3 Å². The number of hydrogen-bond donors (Lipinski definition) is 1. The van der Waals surface area contributed by atoms with Crippen LogP contribution in [-0.2, 0) is 13.0 Å². The maximum absolute atomic E-state index is 13.0. The van der Waals surface area contributed by atoms with Crippen LogP contribution in [0.1, 0.15) is 28.5 Å². The molecule has 1 aliphatic rings. The normalized spacial score (nSPS) is 15.5. The van der Waals surface area contributed by atoms with E-state index in [9.17, 15) is 9.18 Å². The van der Waals surface area contributed by atoms with E-state index < -0.39 is 0 Å². The number of carbonyl (C=O) groups excluding carboxylic acids is 1. The number of carbonyl (C=O) groups is 1. The minimum absolute atomic E-state index is 0.249. The number of para-hydroxylation sites is 1. The lowest BCUT2D eigenvalue weighted by molar-refractivity contribution is 0.0946. The highest BCUT2D eigenvalue weighted by Crippen LogP contribution is 2.37. The molecule has 1 N–H and O–H groups in total. The van der Waals surface area contributed by atoms with Gasteiger partial charge in [0, 0.05) is 30.2 Å². The molecule has 2 aromatic carbocycles. The number of amides is 1. The summed E-state index contributed by atoms with van der Waals surface area (Å²) in [5.41, 5.74) is 4.64. The Morgan fingerprint density at radius 3 is 2.78 bits per heavy atom. The zero-order valence-electron chi connectivity index (χ0n) is 15.0. The molecule has 1 aliphatic heterocycles. The lowest BCUT2D eigenvalue weighted by Gasteiger charge is -2.25. The molecule has 0 spiro atoms. The zero-order chi connectivity index (χ0) is 18.8. The Morgan fingerprint density at radius 2 is 1.96 bits per heavy atom. The van der Waals surface area contributed by atoms with Gasteiger partial charge in [-0.05, 0) is 54.8 Å². The lowest BCUT2D eigenvalue weighted by atomic mass is 10.1. The number of pyridine rings is 1. The number of hydrogen-bond acceptors (Lipinski definition) is 3. The molecule has 0 radical (unpaired) electrons. The number of nitrogens with one attached hydrogen (secondary N) is 1. The van der Waals surface area contributed by atoms with Crippen molar-refractivity contribution in [2.45, 2.75) is 25.9 Å². The molecule has 0 bridgehead atoms. The molecule has 4 rings (SSSR count). The van der Waals surface area contributed by atoms with Crippen LogP contribution in [0.5, 0.6) is 0 Å². The molecule has 5 heteroatoms. The van der Waals surface area contributed by atoms with Crippen molar-refractivity contribution in [3.8, 4) is 0 Å². The number of benzene rings is 2. The Morgan fingerprint density at radius 1 is 1.19 bits per heavy atom. The van der Waals surface area contributed by atoms with Crippen LogP contribution in [0.3, 0.4) is 0 Å². The van der Waals surface area contributed by atoms with E-state index in [1.165, 1.54) is 23.4 Å². The molecular weight excluding hydrogens is 341 g/mol. The van der Waals surface area contributed by atoms with Crippen LogP contribution >= 0.6 is 0 Å². The average molecular weight is 361 g/mol. The molecule has 1 unspecified atom stereocenters. The molecular formula is C22H20FN3O. The van der Waals surface area contributed by atoms with E-state index in [4.69, 9.17) is 0 Å². The number of rotatable bonds is 4. The first kappa shape index (κ1) is 17.2. The molecule has 2 heterocycles. The Balaban J connectivity index is 1.52. The fraction of sp³-hybridized carbons (Fsp3) is 0.182. The number of halogens is 1. The van der Waals surface area contributed by atoms with E-state index in [1.807, 2.05) is 18.2 Å². The van der Waals surface area contributed by atoms with Crippen LogP contribution in [0.4, 0.5) is 15.8 Å². The lowest BCUT2D eigenvalue weighted by Crippen LogP contribution is -2.26. The highest BCUT2D eigenvalue weighted by molar-refractivity contribution is 5.93. The number of nitrogens with zero attached hydrogens (tertiary/aromatic N) is 2. The van der Waals surface area contributed by atoms with E-state index >= 15 is 0 Å². The minimum atomic E-state index is -0.292. The Hall–Kier alpha value is -3.21. The quantitative estimate of drug-likeness (QED) is 0.756. The predicted molar refractivity (Wildman–Crippen MR) is 104 cm³/mol. The van der Waals surface area contributed by atoms with Crippen molar-refractivity contribution in [1.82, 2.24) is 10.3 Å². The fourth-order valence-corrected chi connectivity index (χ4v) is 3.53. The molecule has 3 aromatic rings. The van der Waals surface area contributed by atoms with Crippen molar-refractivity contribution in [3.05, 3.63) is 89.5 Å². The second kappa shape index (κ2) is 7.19. The Kier molecular flexibility index (Phi) is 4.59. The second-order valence-electron chi connectivity index (χ2n) is 6.76. The summed E-state index contributed by atoms with van der Waals surface area (Å²) >= 11 is 0. The first-order chi connectivity index (χ1) is 13.1. The number of aromatic nitrogens is 1. The van der Waals surface area contributed by atoms with Crippen molar-refractivity contribution in [2.24, 2.45) is 0 Å². The summed E-state index contributed by atoms with van der Waals surface area (Å²) in [5.74, 6) is -0.541. The van der Waals surface area contributed by atoms with Gasteiger partial charge in [0.15, 0.2) is 0 Å². The van der Waals surface area contributed by atoms with Crippen molar-refractivity contribution < 1.29 is 9.18 Å². The van der Waals surface area contributed by atoms with Gasteiger partial charge in [-0.15, -0.1) is 0 Å². The van der Waals surface area contributed by atoms with Gasteiger partial charge in [-0.3, -0.25) is 9.78 Å². The number of fused-ring (bicyclic) bond motifs is 1. The molecule has 0 saturated carbocycles. The first-order valence-electron chi connectivity index (χ1n) is 8.97. The molecule has 0 fully saturated rings. The summed E-state index contributed by atoms with van der Waals surface area (Å²) in [6.07, 6.45) is 2.64. The molecule has 1 amide bonds. The Labute approximate surface area is 157 Å². The summed E-state index contributed by atoms with van der Waals surface area (Å²) in [5, 5.41) is 2.84. The predicted octanol–water partition coefficient (Wildman–Crippen LogP) is 4.23. The third-order valence-corrected chi connectivity index (χ3v) is 4.83. The molecule has 1 atom stereocenters. The van der Waals surface area contributed by atoms with Gasteiger partial charge in [0.25, 0.3) is 5.91 Å². The van der Waals surface area contributed by atoms with Gasteiger partial charge in [-0.25, -0.2) is 4.39 Å². The number of anilines is 2. The maximum Gasteiger partial charge on any atom is 0.270 e. The first-order valence-corrected chi connectivity index (χ1v) is 8.97. The largest absolute Gasteiger partial charge is 0.347 e. The van der Waals surface area contributed by atoms with E-state index in [0.717, 1.165) is 17.7 Å². The third kappa shape index (κ3) is 3.53. The molecule has 0 saturated heterocycles. The topological polar surface area (TPSA) is 45.2 Å². The fourth-order valence-electron chi connectivity index (χ4n) is 3.53. The van der Waals surface area contributed by atoms with Gasteiger partial charge in [0.1, 0.15) is 11.5 Å². The van der Waals surface area contributed by atoms with Crippen molar-refractivity contribution in [3.63, 3.8) is 0 Å². The van der Waals surface area contributed by atoms with Crippen LogP contribution in [-0.4, -0.2) is 16.9 Å². The van der Waals surface area contributed by atoms with Gasteiger partial charge in [-0.1, -0.05) is 30.3 Å². The highest BCUT2D eigenvalue weighted by atomic mass is 19.1. The third-order valence-electron chi connectivity index (χ3n) is 4.83. The molecule has 136 valence electrons. The van der Waals surface area contributed by atoms with Gasteiger partial charge < -0.3 is 10.2 Å². The average Bonchev–Trinajstić information content (AvgIpc) is 3.03. The van der Waals surface area contributed by atoms with Gasteiger partial charge in [-0.2, -0.15) is 0 Å². The highest BCUT2D eigenvalue weighted by Gasteiger charge is 2.27. The summed E-state index contributed by atoms with van der Waals surface area (Å²) in [6, 6.07) is 18.5.